The number of thioether (sulfide) groups is 1. The fourth-order valence-corrected chi connectivity index (χ4v) is 3.07. The fourth-order valence-electron chi connectivity index (χ4n) is 2.36. The third-order valence-corrected chi connectivity index (χ3v) is 4.35. The van der Waals surface area contributed by atoms with Crippen molar-refractivity contribution >= 4 is 17.7 Å². The maximum absolute atomic E-state index is 11.5. The molecule has 0 radical (unpaired) electrons. The van der Waals surface area contributed by atoms with Crippen LogP contribution in [0.2, 0.25) is 0 Å². The quantitative estimate of drug-likeness (QED) is 0.709. The molecule has 2 rings (SSSR count). The monoisotopic (exact) mass is 309 g/mol. The third kappa shape index (κ3) is 5.59. The van der Waals surface area contributed by atoms with Crippen LogP contribution in [0.5, 0.6) is 5.75 Å². The average molecular weight is 309 g/mol. The van der Waals surface area contributed by atoms with Crippen molar-refractivity contribution < 1.29 is 14.3 Å². The van der Waals surface area contributed by atoms with Crippen molar-refractivity contribution in [2.75, 3.05) is 38.4 Å². The largest absolute Gasteiger partial charge is 0.492 e. The van der Waals surface area contributed by atoms with Gasteiger partial charge in [0, 0.05) is 12.9 Å². The zero-order valence-electron chi connectivity index (χ0n) is 12.5. The van der Waals surface area contributed by atoms with Gasteiger partial charge in [-0.15, -0.1) is 11.8 Å². The molecule has 5 heteroatoms. The van der Waals surface area contributed by atoms with E-state index in [4.69, 9.17) is 9.47 Å². The number of carbonyl (C=O) groups excluding carboxylic acids is 1. The third-order valence-electron chi connectivity index (χ3n) is 3.43. The van der Waals surface area contributed by atoms with E-state index in [9.17, 15) is 4.79 Å². The second-order valence-electron chi connectivity index (χ2n) is 5.03. The van der Waals surface area contributed by atoms with Crippen molar-refractivity contribution in [1.29, 1.82) is 0 Å². The molecule has 4 nitrogen and oxygen atoms in total. The highest BCUT2D eigenvalue weighted by molar-refractivity contribution is 7.99. The van der Waals surface area contributed by atoms with Gasteiger partial charge < -0.3 is 14.8 Å². The minimum absolute atomic E-state index is 0.0497. The van der Waals surface area contributed by atoms with E-state index >= 15 is 0 Å². The predicted molar refractivity (Wildman–Crippen MR) is 86.2 cm³/mol. The van der Waals surface area contributed by atoms with Gasteiger partial charge in [-0.1, -0.05) is 6.07 Å². The van der Waals surface area contributed by atoms with E-state index in [1.54, 1.807) is 18.9 Å². The minimum Gasteiger partial charge on any atom is -0.492 e. The van der Waals surface area contributed by atoms with Crippen molar-refractivity contribution in [1.82, 2.24) is 5.32 Å². The van der Waals surface area contributed by atoms with Crippen molar-refractivity contribution in [3.8, 4) is 5.75 Å². The van der Waals surface area contributed by atoms with Crippen LogP contribution < -0.4 is 10.1 Å². The lowest BCUT2D eigenvalue weighted by molar-refractivity contribution is -0.118. The Balaban J connectivity index is 1.58. The molecule has 0 aromatic heterocycles. The van der Waals surface area contributed by atoms with E-state index in [0.29, 0.717) is 25.5 Å². The molecule has 0 saturated carbocycles. The molecule has 1 aliphatic rings. The maximum atomic E-state index is 11.5. The lowest BCUT2D eigenvalue weighted by Crippen LogP contribution is -2.29. The van der Waals surface area contributed by atoms with Crippen molar-refractivity contribution in [3.63, 3.8) is 0 Å². The Kier molecular flexibility index (Phi) is 6.89. The molecule has 0 bridgehead atoms. The summed E-state index contributed by atoms with van der Waals surface area (Å²) in [6.07, 6.45) is 3.59. The number of benzene rings is 1. The first kappa shape index (κ1) is 16.2. The van der Waals surface area contributed by atoms with Gasteiger partial charge in [-0.2, -0.15) is 0 Å². The number of methoxy groups -OCH3 is 1. The normalized spacial score (nSPS) is 13.0. The number of nitrogens with one attached hydrogen (secondary N) is 1. The van der Waals surface area contributed by atoms with E-state index in [1.165, 1.54) is 24.0 Å². The Labute approximate surface area is 130 Å². The Hall–Kier alpha value is -1.20. The number of hydrogen-bond donors (Lipinski definition) is 1. The van der Waals surface area contributed by atoms with E-state index in [0.717, 1.165) is 17.9 Å². The van der Waals surface area contributed by atoms with Crippen LogP contribution >= 0.6 is 11.8 Å². The van der Waals surface area contributed by atoms with Gasteiger partial charge in [0.05, 0.1) is 18.9 Å². The first-order valence-corrected chi connectivity index (χ1v) is 8.53. The molecule has 1 aliphatic carbocycles. The van der Waals surface area contributed by atoms with Gasteiger partial charge in [0.25, 0.3) is 0 Å². The molecular weight excluding hydrogens is 286 g/mol. The molecule has 1 N–H and O–H groups in total. The highest BCUT2D eigenvalue weighted by Crippen LogP contribution is 2.25. The van der Waals surface area contributed by atoms with Crippen LogP contribution in [0.4, 0.5) is 0 Å². The molecule has 1 aromatic carbocycles. The van der Waals surface area contributed by atoms with E-state index < -0.39 is 0 Å². The second-order valence-corrected chi connectivity index (χ2v) is 6.13. The van der Waals surface area contributed by atoms with Crippen molar-refractivity contribution in [2.45, 2.75) is 19.3 Å². The number of hydrogen-bond acceptors (Lipinski definition) is 4. The molecule has 116 valence electrons. The molecule has 0 unspecified atom stereocenters. The first-order chi connectivity index (χ1) is 10.3. The van der Waals surface area contributed by atoms with Crippen molar-refractivity contribution in [3.05, 3.63) is 29.3 Å². The van der Waals surface area contributed by atoms with Gasteiger partial charge in [0.1, 0.15) is 12.4 Å². The van der Waals surface area contributed by atoms with Gasteiger partial charge in [-0.05, 0) is 42.5 Å². The predicted octanol–water partition coefficient (Wildman–Crippen LogP) is 2.05. The van der Waals surface area contributed by atoms with Crippen LogP contribution in [-0.4, -0.2) is 44.3 Å². The molecule has 21 heavy (non-hydrogen) atoms. The summed E-state index contributed by atoms with van der Waals surface area (Å²) >= 11 is 1.58. The molecule has 0 fully saturated rings. The fraction of sp³-hybridized carbons (Fsp3) is 0.562. The lowest BCUT2D eigenvalue weighted by Gasteiger charge is -2.09. The number of aryl methyl sites for hydroxylation is 2. The SMILES string of the molecule is COCCSCC(=O)NCCOc1ccc2c(c1)CCC2. The summed E-state index contributed by atoms with van der Waals surface area (Å²) in [5, 5.41) is 2.86. The van der Waals surface area contributed by atoms with Gasteiger partial charge in [-0.3, -0.25) is 4.79 Å². The molecule has 1 amide bonds. The van der Waals surface area contributed by atoms with Crippen LogP contribution in [0.25, 0.3) is 0 Å². The number of ether oxygens (including phenoxy) is 2. The second kappa shape index (κ2) is 8.95. The zero-order chi connectivity index (χ0) is 14.9. The summed E-state index contributed by atoms with van der Waals surface area (Å²) in [6, 6.07) is 6.31. The molecule has 0 aliphatic heterocycles. The molecular formula is C16H23NO3S. The Bertz CT molecular complexity index is 465. The van der Waals surface area contributed by atoms with Gasteiger partial charge in [0.2, 0.25) is 5.91 Å². The maximum Gasteiger partial charge on any atom is 0.230 e. The standard InChI is InChI=1S/C16H23NO3S/c1-19-9-10-21-12-16(18)17-7-8-20-15-6-5-13-3-2-4-14(13)11-15/h5-6,11H,2-4,7-10,12H2,1H3,(H,17,18). The zero-order valence-corrected chi connectivity index (χ0v) is 13.3. The van der Waals surface area contributed by atoms with Gasteiger partial charge >= 0.3 is 0 Å². The number of amides is 1. The van der Waals surface area contributed by atoms with Crippen LogP contribution in [-0.2, 0) is 22.4 Å². The average Bonchev–Trinajstić information content (AvgIpc) is 2.96. The van der Waals surface area contributed by atoms with Crippen molar-refractivity contribution in [2.24, 2.45) is 0 Å². The summed E-state index contributed by atoms with van der Waals surface area (Å²) in [7, 11) is 1.66. The van der Waals surface area contributed by atoms with Gasteiger partial charge in [0.15, 0.2) is 0 Å². The summed E-state index contributed by atoms with van der Waals surface area (Å²) in [5.41, 5.74) is 2.86. The highest BCUT2D eigenvalue weighted by atomic mass is 32.2. The smallest absolute Gasteiger partial charge is 0.230 e. The highest BCUT2D eigenvalue weighted by Gasteiger charge is 2.11. The van der Waals surface area contributed by atoms with E-state index in [1.807, 2.05) is 6.07 Å². The van der Waals surface area contributed by atoms with Crippen LogP contribution in [0.1, 0.15) is 17.5 Å². The number of fused-ring (bicyclic) bond motifs is 1. The van der Waals surface area contributed by atoms with Crippen LogP contribution in [0.15, 0.2) is 18.2 Å². The summed E-state index contributed by atoms with van der Waals surface area (Å²) in [4.78, 5) is 11.5. The number of carbonyl (C=O) groups is 1. The van der Waals surface area contributed by atoms with E-state index in [-0.39, 0.29) is 5.91 Å². The molecule has 0 atom stereocenters. The summed E-state index contributed by atoms with van der Waals surface area (Å²) < 4.78 is 10.6. The summed E-state index contributed by atoms with van der Waals surface area (Å²) in [6.45, 7) is 1.73. The topological polar surface area (TPSA) is 47.6 Å². The summed E-state index contributed by atoms with van der Waals surface area (Å²) in [5.74, 6) is 2.27. The first-order valence-electron chi connectivity index (χ1n) is 7.37. The molecule has 1 aromatic rings. The lowest BCUT2D eigenvalue weighted by atomic mass is 10.1. The molecule has 0 heterocycles. The minimum atomic E-state index is 0.0497. The Morgan fingerprint density at radius 2 is 2.14 bits per heavy atom. The Morgan fingerprint density at radius 1 is 1.29 bits per heavy atom. The van der Waals surface area contributed by atoms with Crippen LogP contribution in [0.3, 0.4) is 0 Å². The Morgan fingerprint density at radius 3 is 3.00 bits per heavy atom. The molecule has 0 spiro atoms. The van der Waals surface area contributed by atoms with E-state index in [2.05, 4.69) is 17.4 Å². The molecule has 0 saturated heterocycles. The number of rotatable bonds is 9. The van der Waals surface area contributed by atoms with Crippen LogP contribution in [0, 0.1) is 0 Å². The van der Waals surface area contributed by atoms with Gasteiger partial charge in [-0.25, -0.2) is 0 Å².